The highest BCUT2D eigenvalue weighted by Crippen LogP contribution is 2.38. The Hall–Kier alpha value is -1.39. The number of aromatic nitrogens is 2. The van der Waals surface area contributed by atoms with Crippen molar-refractivity contribution in [1.82, 2.24) is 14.3 Å². The van der Waals surface area contributed by atoms with Crippen LogP contribution in [-0.4, -0.2) is 40.7 Å². The first-order chi connectivity index (χ1) is 14.4. The minimum absolute atomic E-state index is 0.0198. The van der Waals surface area contributed by atoms with Crippen LogP contribution in [0.4, 0.5) is 5.13 Å². The summed E-state index contributed by atoms with van der Waals surface area (Å²) in [5.74, 6) is 0.0950. The van der Waals surface area contributed by atoms with Gasteiger partial charge in [0.15, 0.2) is 5.82 Å². The molecule has 0 aliphatic heterocycles. The van der Waals surface area contributed by atoms with Gasteiger partial charge in [-0.25, -0.2) is 13.4 Å². The minimum atomic E-state index is -4.06. The van der Waals surface area contributed by atoms with Gasteiger partial charge in [0.2, 0.25) is 21.1 Å². The SMILES string of the molecule is C=CC(c1c(Cl)cc(Cl)cc1Cl)S(=O)(=O)Nc1nc(CC(=O)N(C(C)C)C(C)C)ns1. The average molecular weight is 526 g/mol. The molecule has 0 spiro atoms. The second-order valence-electron chi connectivity index (χ2n) is 7.27. The van der Waals surface area contributed by atoms with E-state index in [2.05, 4.69) is 20.7 Å². The molecule has 12 heteroatoms. The monoisotopic (exact) mass is 524 g/mol. The Morgan fingerprint density at radius 1 is 1.19 bits per heavy atom. The van der Waals surface area contributed by atoms with E-state index in [1.165, 1.54) is 18.2 Å². The number of benzene rings is 1. The molecular weight excluding hydrogens is 503 g/mol. The summed E-state index contributed by atoms with van der Waals surface area (Å²) in [5.41, 5.74) is 0.152. The Morgan fingerprint density at radius 2 is 1.74 bits per heavy atom. The molecular formula is C19H23Cl3N4O3S2. The minimum Gasteiger partial charge on any atom is -0.337 e. The third-order valence-corrected chi connectivity index (χ3v) is 7.50. The van der Waals surface area contributed by atoms with Gasteiger partial charge in [0.25, 0.3) is 0 Å². The fourth-order valence-corrected chi connectivity index (χ4v) is 6.53. The molecule has 0 saturated heterocycles. The Bertz CT molecular complexity index is 1040. The molecule has 0 bridgehead atoms. The van der Waals surface area contributed by atoms with Crippen molar-refractivity contribution in [2.24, 2.45) is 0 Å². The second-order valence-corrected chi connectivity index (χ2v) is 11.1. The molecule has 0 aliphatic rings. The van der Waals surface area contributed by atoms with Crippen LogP contribution in [0.15, 0.2) is 24.8 Å². The van der Waals surface area contributed by atoms with Gasteiger partial charge in [-0.1, -0.05) is 40.9 Å². The summed E-state index contributed by atoms with van der Waals surface area (Å²) >= 11 is 19.1. The van der Waals surface area contributed by atoms with E-state index >= 15 is 0 Å². The maximum absolute atomic E-state index is 13.0. The molecule has 1 unspecified atom stereocenters. The van der Waals surface area contributed by atoms with Crippen LogP contribution in [0.5, 0.6) is 0 Å². The highest BCUT2D eigenvalue weighted by molar-refractivity contribution is 7.93. The lowest BCUT2D eigenvalue weighted by Gasteiger charge is -2.30. The number of carbonyl (C=O) groups is 1. The first kappa shape index (κ1) is 25.9. The lowest BCUT2D eigenvalue weighted by molar-refractivity contribution is -0.134. The number of hydrogen-bond acceptors (Lipinski definition) is 6. The molecule has 0 aliphatic carbocycles. The molecule has 0 fully saturated rings. The fourth-order valence-electron chi connectivity index (χ4n) is 3.18. The molecule has 1 N–H and O–H groups in total. The van der Waals surface area contributed by atoms with Gasteiger partial charge < -0.3 is 4.90 Å². The summed E-state index contributed by atoms with van der Waals surface area (Å²) in [4.78, 5) is 18.5. The number of rotatable bonds is 9. The van der Waals surface area contributed by atoms with Crippen LogP contribution in [0, 0.1) is 0 Å². The number of carbonyl (C=O) groups excluding carboxylic acids is 1. The zero-order valence-corrected chi connectivity index (χ0v) is 21.3. The number of nitrogens with one attached hydrogen (secondary N) is 1. The summed E-state index contributed by atoms with van der Waals surface area (Å²) < 4.78 is 32.4. The van der Waals surface area contributed by atoms with Crippen molar-refractivity contribution in [3.05, 3.63) is 51.2 Å². The average Bonchev–Trinajstić information content (AvgIpc) is 3.02. The Morgan fingerprint density at radius 3 is 2.23 bits per heavy atom. The van der Waals surface area contributed by atoms with E-state index in [4.69, 9.17) is 34.8 Å². The molecule has 170 valence electrons. The zero-order chi connectivity index (χ0) is 23.5. The van der Waals surface area contributed by atoms with Gasteiger partial charge in [-0.2, -0.15) is 4.37 Å². The van der Waals surface area contributed by atoms with Crippen molar-refractivity contribution in [3.63, 3.8) is 0 Å². The normalized spacial score (nSPS) is 12.8. The van der Waals surface area contributed by atoms with Crippen LogP contribution in [-0.2, 0) is 21.2 Å². The van der Waals surface area contributed by atoms with Crippen LogP contribution < -0.4 is 4.72 Å². The maximum atomic E-state index is 13.0. The molecule has 1 aromatic carbocycles. The van der Waals surface area contributed by atoms with E-state index in [1.807, 2.05) is 27.7 Å². The molecule has 31 heavy (non-hydrogen) atoms. The predicted octanol–water partition coefficient (Wildman–Crippen LogP) is 5.36. The Labute approximate surface area is 201 Å². The third-order valence-electron chi connectivity index (χ3n) is 4.28. The van der Waals surface area contributed by atoms with Gasteiger partial charge >= 0.3 is 0 Å². The predicted molar refractivity (Wildman–Crippen MR) is 128 cm³/mol. The smallest absolute Gasteiger partial charge is 0.245 e. The zero-order valence-electron chi connectivity index (χ0n) is 17.4. The van der Waals surface area contributed by atoms with Gasteiger partial charge in [0, 0.05) is 44.2 Å². The molecule has 1 heterocycles. The summed E-state index contributed by atoms with van der Waals surface area (Å²) in [6, 6.07) is 2.85. The lowest BCUT2D eigenvalue weighted by Crippen LogP contribution is -2.43. The van der Waals surface area contributed by atoms with E-state index in [-0.39, 0.29) is 56.0 Å². The molecule has 7 nitrogen and oxygen atoms in total. The molecule has 1 amide bonds. The lowest BCUT2D eigenvalue weighted by atomic mass is 10.1. The van der Waals surface area contributed by atoms with Crippen molar-refractivity contribution in [2.45, 2.75) is 51.4 Å². The number of amides is 1. The number of hydrogen-bond donors (Lipinski definition) is 1. The summed E-state index contributed by atoms with van der Waals surface area (Å²) in [6.07, 6.45) is 1.17. The van der Waals surface area contributed by atoms with Gasteiger partial charge in [-0.15, -0.1) is 6.58 Å². The Kier molecular flexibility index (Phi) is 8.75. The third kappa shape index (κ3) is 6.32. The fraction of sp³-hybridized carbons (Fsp3) is 0.421. The van der Waals surface area contributed by atoms with Crippen molar-refractivity contribution < 1.29 is 13.2 Å². The largest absolute Gasteiger partial charge is 0.337 e. The van der Waals surface area contributed by atoms with Crippen molar-refractivity contribution in [2.75, 3.05) is 4.72 Å². The maximum Gasteiger partial charge on any atom is 0.245 e. The number of nitrogens with zero attached hydrogens (tertiary/aromatic N) is 3. The molecule has 1 aromatic heterocycles. The van der Waals surface area contributed by atoms with Crippen LogP contribution in [0.2, 0.25) is 15.1 Å². The van der Waals surface area contributed by atoms with Gasteiger partial charge in [0.05, 0.1) is 6.42 Å². The molecule has 0 radical (unpaired) electrons. The quantitative estimate of drug-likeness (QED) is 0.445. The Balaban J connectivity index is 2.24. The standard InChI is InChI=1S/C19H23Cl3N4O3S2/c1-6-15(18-13(21)7-12(20)8-14(18)22)31(28,29)25-19-23-16(24-30-19)9-17(27)26(10(2)3)11(4)5/h6-8,10-11,15H,1,9H2,2-5H3,(H,23,24,25). The van der Waals surface area contributed by atoms with Crippen LogP contribution in [0.3, 0.4) is 0 Å². The van der Waals surface area contributed by atoms with Crippen molar-refractivity contribution in [1.29, 1.82) is 0 Å². The summed E-state index contributed by atoms with van der Waals surface area (Å²) in [7, 11) is -4.06. The molecule has 0 saturated carbocycles. The van der Waals surface area contributed by atoms with E-state index in [0.29, 0.717) is 0 Å². The van der Waals surface area contributed by atoms with Crippen molar-refractivity contribution in [3.8, 4) is 0 Å². The van der Waals surface area contributed by atoms with Crippen LogP contribution in [0.1, 0.15) is 44.3 Å². The number of anilines is 1. The topological polar surface area (TPSA) is 92.3 Å². The van der Waals surface area contributed by atoms with Crippen LogP contribution >= 0.6 is 46.3 Å². The van der Waals surface area contributed by atoms with Gasteiger partial charge in [-0.3, -0.25) is 9.52 Å². The summed E-state index contributed by atoms with van der Waals surface area (Å²) in [6.45, 7) is 11.3. The van der Waals surface area contributed by atoms with Gasteiger partial charge in [-0.05, 0) is 39.8 Å². The van der Waals surface area contributed by atoms with E-state index in [9.17, 15) is 13.2 Å². The molecule has 2 aromatic rings. The van der Waals surface area contributed by atoms with Crippen LogP contribution in [0.25, 0.3) is 0 Å². The number of halogens is 3. The first-order valence-corrected chi connectivity index (χ1v) is 12.7. The highest BCUT2D eigenvalue weighted by Gasteiger charge is 2.30. The summed E-state index contributed by atoms with van der Waals surface area (Å²) in [5, 5.41) is -0.757. The van der Waals surface area contributed by atoms with Gasteiger partial charge in [0.1, 0.15) is 5.25 Å². The van der Waals surface area contributed by atoms with E-state index in [1.54, 1.807) is 4.90 Å². The first-order valence-electron chi connectivity index (χ1n) is 9.29. The number of sulfonamides is 1. The van der Waals surface area contributed by atoms with Crippen molar-refractivity contribution >= 4 is 67.4 Å². The molecule has 2 rings (SSSR count). The van der Waals surface area contributed by atoms with E-state index < -0.39 is 15.3 Å². The second kappa shape index (κ2) is 10.5. The highest BCUT2D eigenvalue weighted by atomic mass is 35.5. The van der Waals surface area contributed by atoms with E-state index in [0.717, 1.165) is 11.5 Å². The molecule has 1 atom stereocenters.